The number of rotatable bonds is 6. The summed E-state index contributed by atoms with van der Waals surface area (Å²) in [6, 6.07) is 14.9. The van der Waals surface area contributed by atoms with Crippen molar-refractivity contribution in [2.75, 3.05) is 0 Å². The molecule has 142 valence electrons. The molecule has 28 heavy (non-hydrogen) atoms. The summed E-state index contributed by atoms with van der Waals surface area (Å²) >= 11 is 2.87. The number of aromatic nitrogens is 1. The zero-order valence-electron chi connectivity index (χ0n) is 14.9. The Morgan fingerprint density at radius 3 is 2.79 bits per heavy atom. The van der Waals surface area contributed by atoms with Crippen LogP contribution in [0.25, 0.3) is 20.1 Å². The molecule has 0 aliphatic rings. The van der Waals surface area contributed by atoms with Crippen molar-refractivity contribution in [3.63, 3.8) is 0 Å². The number of ether oxygens (including phenoxy) is 1. The second-order valence-electron chi connectivity index (χ2n) is 6.00. The second kappa shape index (κ2) is 7.95. The van der Waals surface area contributed by atoms with Crippen molar-refractivity contribution in [3.05, 3.63) is 65.4 Å². The fraction of sp³-hybridized carbons (Fsp3) is 0.150. The Bertz CT molecular complexity index is 1080. The summed E-state index contributed by atoms with van der Waals surface area (Å²) in [4.78, 5) is 30.4. The molecule has 4 rings (SSSR count). The third-order valence-electron chi connectivity index (χ3n) is 3.98. The summed E-state index contributed by atoms with van der Waals surface area (Å²) < 4.78 is 11.5. The number of carbonyl (C=O) groups is 2. The number of hydrogen-bond acceptors (Lipinski definition) is 7. The van der Waals surface area contributed by atoms with E-state index in [0.717, 1.165) is 20.1 Å². The van der Waals surface area contributed by atoms with E-state index in [-0.39, 0.29) is 12.5 Å². The Labute approximate surface area is 168 Å². The van der Waals surface area contributed by atoms with Crippen LogP contribution in [-0.2, 0) is 16.1 Å². The fourth-order valence-corrected chi connectivity index (χ4v) is 4.45. The second-order valence-corrected chi connectivity index (χ2v) is 8.11. The lowest BCUT2D eigenvalue weighted by molar-refractivity contribution is -0.129. The van der Waals surface area contributed by atoms with Gasteiger partial charge in [0.15, 0.2) is 6.10 Å². The molecule has 3 heterocycles. The molecule has 1 amide bonds. The van der Waals surface area contributed by atoms with E-state index in [0.29, 0.717) is 10.6 Å². The highest BCUT2D eigenvalue weighted by Crippen LogP contribution is 2.34. The zero-order chi connectivity index (χ0) is 19.5. The SMILES string of the molecule is C[C@@H](OC(=O)c1ccc(-c2nc3ccccc3s2)s1)C(=O)NCc1ccco1. The summed E-state index contributed by atoms with van der Waals surface area (Å²) in [7, 11) is 0. The van der Waals surface area contributed by atoms with Gasteiger partial charge >= 0.3 is 5.97 Å². The van der Waals surface area contributed by atoms with E-state index in [1.54, 1.807) is 29.5 Å². The minimum atomic E-state index is -0.907. The minimum absolute atomic E-state index is 0.245. The van der Waals surface area contributed by atoms with Crippen molar-refractivity contribution in [2.45, 2.75) is 19.6 Å². The van der Waals surface area contributed by atoms with Crippen molar-refractivity contribution >= 4 is 44.8 Å². The van der Waals surface area contributed by atoms with E-state index >= 15 is 0 Å². The third-order valence-corrected chi connectivity index (χ3v) is 6.25. The molecule has 0 spiro atoms. The smallest absolute Gasteiger partial charge is 0.349 e. The number of nitrogens with one attached hydrogen (secondary N) is 1. The molecule has 0 saturated heterocycles. The largest absolute Gasteiger partial charge is 0.467 e. The van der Waals surface area contributed by atoms with Crippen LogP contribution in [0.4, 0.5) is 0 Å². The van der Waals surface area contributed by atoms with E-state index in [4.69, 9.17) is 9.15 Å². The topological polar surface area (TPSA) is 81.4 Å². The number of hydrogen-bond donors (Lipinski definition) is 1. The van der Waals surface area contributed by atoms with Crippen molar-refractivity contribution in [1.29, 1.82) is 0 Å². The number of furan rings is 1. The van der Waals surface area contributed by atoms with Crippen LogP contribution >= 0.6 is 22.7 Å². The monoisotopic (exact) mass is 412 g/mol. The summed E-state index contributed by atoms with van der Waals surface area (Å²) in [5.74, 6) is -0.281. The summed E-state index contributed by atoms with van der Waals surface area (Å²) in [6.07, 6.45) is 0.626. The number of benzene rings is 1. The minimum Gasteiger partial charge on any atom is -0.467 e. The maximum Gasteiger partial charge on any atom is 0.349 e. The molecular weight excluding hydrogens is 396 g/mol. The first-order valence-corrected chi connectivity index (χ1v) is 10.2. The number of para-hydroxylation sites is 1. The highest BCUT2D eigenvalue weighted by molar-refractivity contribution is 7.26. The van der Waals surface area contributed by atoms with Gasteiger partial charge in [0.2, 0.25) is 0 Å². The molecule has 0 saturated carbocycles. The van der Waals surface area contributed by atoms with Crippen LogP contribution in [0, 0.1) is 0 Å². The van der Waals surface area contributed by atoms with E-state index in [1.165, 1.54) is 24.5 Å². The molecule has 1 atom stereocenters. The number of carbonyl (C=O) groups excluding carboxylic acids is 2. The van der Waals surface area contributed by atoms with Crippen molar-refractivity contribution in [3.8, 4) is 9.88 Å². The molecule has 0 bridgehead atoms. The molecule has 0 radical (unpaired) electrons. The maximum atomic E-state index is 12.4. The lowest BCUT2D eigenvalue weighted by atomic mass is 10.3. The Balaban J connectivity index is 1.39. The average Bonchev–Trinajstić information content (AvgIpc) is 3.45. The van der Waals surface area contributed by atoms with Gasteiger partial charge in [-0.05, 0) is 43.3 Å². The third kappa shape index (κ3) is 3.97. The first-order valence-electron chi connectivity index (χ1n) is 8.57. The molecule has 3 aromatic heterocycles. The predicted molar refractivity (Wildman–Crippen MR) is 108 cm³/mol. The molecule has 1 aromatic carbocycles. The van der Waals surface area contributed by atoms with Crippen LogP contribution in [0.15, 0.2) is 59.2 Å². The summed E-state index contributed by atoms with van der Waals surface area (Å²) in [6.45, 7) is 1.78. The number of thiophene rings is 1. The lowest BCUT2D eigenvalue weighted by Crippen LogP contribution is -2.35. The van der Waals surface area contributed by atoms with Gasteiger partial charge in [-0.25, -0.2) is 9.78 Å². The number of nitrogens with zero attached hydrogens (tertiary/aromatic N) is 1. The van der Waals surface area contributed by atoms with Gasteiger partial charge < -0.3 is 14.5 Å². The van der Waals surface area contributed by atoms with Crippen LogP contribution in [0.5, 0.6) is 0 Å². The highest BCUT2D eigenvalue weighted by Gasteiger charge is 2.21. The van der Waals surface area contributed by atoms with Crippen molar-refractivity contribution < 1.29 is 18.7 Å². The highest BCUT2D eigenvalue weighted by atomic mass is 32.1. The van der Waals surface area contributed by atoms with Crippen LogP contribution in [0.1, 0.15) is 22.4 Å². The maximum absolute atomic E-state index is 12.4. The standard InChI is InChI=1S/C20H16N2O4S2/c1-12(18(23)21-11-13-5-4-10-25-13)26-20(24)17-9-8-16(27-17)19-22-14-6-2-3-7-15(14)28-19/h2-10,12H,11H2,1H3,(H,21,23)/t12-/m1/s1. The van der Waals surface area contributed by atoms with Crippen molar-refractivity contribution in [1.82, 2.24) is 10.3 Å². The van der Waals surface area contributed by atoms with Crippen LogP contribution in [-0.4, -0.2) is 23.0 Å². The van der Waals surface area contributed by atoms with Gasteiger partial charge in [0, 0.05) is 0 Å². The van der Waals surface area contributed by atoms with Gasteiger partial charge in [-0.2, -0.15) is 0 Å². The van der Waals surface area contributed by atoms with E-state index in [2.05, 4.69) is 10.3 Å². The van der Waals surface area contributed by atoms with Crippen molar-refractivity contribution in [2.24, 2.45) is 0 Å². The first kappa shape index (κ1) is 18.4. The lowest BCUT2D eigenvalue weighted by Gasteiger charge is -2.12. The number of amides is 1. The van der Waals surface area contributed by atoms with E-state index < -0.39 is 12.1 Å². The summed E-state index contributed by atoms with van der Waals surface area (Å²) in [5, 5.41) is 3.53. The molecule has 8 heteroatoms. The fourth-order valence-electron chi connectivity index (χ4n) is 2.54. The molecule has 4 aromatic rings. The van der Waals surface area contributed by atoms with E-state index in [1.807, 2.05) is 30.3 Å². The van der Waals surface area contributed by atoms with Crippen LogP contribution in [0.3, 0.4) is 0 Å². The Kier molecular flexibility index (Phi) is 5.23. The Morgan fingerprint density at radius 1 is 1.14 bits per heavy atom. The van der Waals surface area contributed by atoms with Gasteiger partial charge in [0.05, 0.1) is 27.9 Å². The van der Waals surface area contributed by atoms with E-state index in [9.17, 15) is 9.59 Å². The average molecular weight is 412 g/mol. The molecule has 0 unspecified atom stereocenters. The Morgan fingerprint density at radius 2 is 2.00 bits per heavy atom. The number of thiazole rings is 1. The van der Waals surface area contributed by atoms with Crippen LogP contribution in [0.2, 0.25) is 0 Å². The van der Waals surface area contributed by atoms with Gasteiger partial charge in [0.25, 0.3) is 5.91 Å². The predicted octanol–water partition coefficient (Wildman–Crippen LogP) is 4.48. The van der Waals surface area contributed by atoms with Gasteiger partial charge in [-0.1, -0.05) is 12.1 Å². The molecule has 0 aliphatic heterocycles. The van der Waals surface area contributed by atoms with Gasteiger partial charge in [-0.15, -0.1) is 22.7 Å². The molecule has 1 N–H and O–H groups in total. The zero-order valence-corrected chi connectivity index (χ0v) is 16.5. The van der Waals surface area contributed by atoms with Crippen LogP contribution < -0.4 is 5.32 Å². The first-order chi connectivity index (χ1) is 13.6. The summed E-state index contributed by atoms with van der Waals surface area (Å²) in [5.41, 5.74) is 0.932. The normalized spacial score (nSPS) is 12.0. The number of esters is 1. The molecule has 0 aliphatic carbocycles. The molecule has 0 fully saturated rings. The van der Waals surface area contributed by atoms with Gasteiger partial charge in [-0.3, -0.25) is 4.79 Å². The molecule has 6 nitrogen and oxygen atoms in total. The number of fused-ring (bicyclic) bond motifs is 1. The van der Waals surface area contributed by atoms with Gasteiger partial charge in [0.1, 0.15) is 15.6 Å². The molecular formula is C20H16N2O4S2. The Hall–Kier alpha value is -2.97. The quantitative estimate of drug-likeness (QED) is 0.472.